The van der Waals surface area contributed by atoms with Gasteiger partial charge >= 0.3 is 0 Å². The van der Waals surface area contributed by atoms with Gasteiger partial charge < -0.3 is 14.2 Å². The number of benzene rings is 4. The van der Waals surface area contributed by atoms with Crippen LogP contribution in [0.25, 0.3) is 0 Å². The van der Waals surface area contributed by atoms with Gasteiger partial charge in [-0.2, -0.15) is 0 Å². The molecule has 0 saturated heterocycles. The number of aliphatic imine (C=N–C) groups is 3. The van der Waals surface area contributed by atoms with Gasteiger partial charge in [-0.1, -0.05) is 109 Å². The fourth-order valence-electron chi connectivity index (χ4n) is 7.63. The highest BCUT2D eigenvalue weighted by molar-refractivity contribution is 6.09. The minimum absolute atomic E-state index is 0.0236. The van der Waals surface area contributed by atoms with Crippen molar-refractivity contribution in [2.24, 2.45) is 20.4 Å². The van der Waals surface area contributed by atoms with E-state index in [0.717, 1.165) is 24.0 Å². The summed E-state index contributed by atoms with van der Waals surface area (Å²) in [7, 11) is 0. The lowest BCUT2D eigenvalue weighted by atomic mass is 9.85. The Morgan fingerprint density at radius 1 is 0.568 bits per heavy atom. The summed E-state index contributed by atoms with van der Waals surface area (Å²) in [6.07, 6.45) is 1.86. The number of rotatable bonds is 6. The molecule has 6 atom stereocenters. The first-order chi connectivity index (χ1) is 21.6. The van der Waals surface area contributed by atoms with Gasteiger partial charge in [-0.15, -0.1) is 0 Å². The number of nitrogens with zero attached hydrogens (tertiary/aromatic N) is 3. The Morgan fingerprint density at radius 3 is 1.64 bits per heavy atom. The Labute approximate surface area is 257 Å². The maximum atomic E-state index is 6.76. The molecule has 0 unspecified atom stereocenters. The van der Waals surface area contributed by atoms with Crippen LogP contribution in [0.2, 0.25) is 0 Å². The average Bonchev–Trinajstić information content (AvgIpc) is 3.88. The Hall–Kier alpha value is -4.71. The van der Waals surface area contributed by atoms with Crippen LogP contribution in [0.4, 0.5) is 0 Å². The molecule has 6 nitrogen and oxygen atoms in total. The summed E-state index contributed by atoms with van der Waals surface area (Å²) in [6, 6.07) is 37.7. The molecular formula is C38H33N3O3. The van der Waals surface area contributed by atoms with E-state index in [9.17, 15) is 0 Å². The Balaban J connectivity index is 1.11. The van der Waals surface area contributed by atoms with Crippen molar-refractivity contribution in [1.29, 1.82) is 0 Å². The van der Waals surface area contributed by atoms with E-state index in [4.69, 9.17) is 29.2 Å². The van der Waals surface area contributed by atoms with Crippen molar-refractivity contribution in [3.63, 3.8) is 0 Å². The number of fused-ring (bicyclic) bond motifs is 6. The van der Waals surface area contributed by atoms with E-state index < -0.39 is 5.41 Å². The monoisotopic (exact) mass is 579 g/mol. The highest BCUT2D eigenvalue weighted by Gasteiger charge is 2.54. The van der Waals surface area contributed by atoms with Gasteiger partial charge in [-0.3, -0.25) is 0 Å². The second-order valence-corrected chi connectivity index (χ2v) is 12.7. The van der Waals surface area contributed by atoms with Gasteiger partial charge in [0.2, 0.25) is 11.8 Å². The standard InChI is InChI=1S/C38H33N3O3/c1-38(36-40-33-27-18-10-8-16-25(27)20-29(33)42-36,37-41-34-28-19-11-9-17-26(28)21-30(34)43-37)22-31-39-32(23-12-4-2-5-13-23)35(44-31)24-14-6-3-7-15-24/h2-19,29-30,32-35H,20-22H2,1H3/t29-,30-,32+,33+,34+,35+/m1/s1. The van der Waals surface area contributed by atoms with Crippen LogP contribution in [0.1, 0.15) is 71.0 Å². The lowest BCUT2D eigenvalue weighted by Crippen LogP contribution is -2.41. The molecule has 0 bridgehead atoms. The van der Waals surface area contributed by atoms with Gasteiger partial charge in [0.15, 0.2) is 12.0 Å². The molecular weight excluding hydrogens is 546 g/mol. The summed E-state index contributed by atoms with van der Waals surface area (Å²) in [6.45, 7) is 2.14. The van der Waals surface area contributed by atoms with E-state index in [1.807, 2.05) is 12.1 Å². The highest BCUT2D eigenvalue weighted by atomic mass is 16.5. The summed E-state index contributed by atoms with van der Waals surface area (Å²) in [5.74, 6) is 2.00. The maximum absolute atomic E-state index is 6.76. The van der Waals surface area contributed by atoms with Crippen molar-refractivity contribution in [3.05, 3.63) is 143 Å². The smallest absolute Gasteiger partial charge is 0.200 e. The number of ether oxygens (including phenoxy) is 3. The predicted octanol–water partition coefficient (Wildman–Crippen LogP) is 7.48. The van der Waals surface area contributed by atoms with Gasteiger partial charge in [-0.25, -0.2) is 15.0 Å². The molecule has 4 aromatic carbocycles. The highest BCUT2D eigenvalue weighted by Crippen LogP contribution is 2.49. The fourth-order valence-corrected chi connectivity index (χ4v) is 7.63. The third-order valence-corrected chi connectivity index (χ3v) is 9.88. The largest absolute Gasteiger partial charge is 0.474 e. The van der Waals surface area contributed by atoms with Crippen LogP contribution in [-0.4, -0.2) is 29.9 Å². The molecule has 9 rings (SSSR count). The first-order valence-corrected chi connectivity index (χ1v) is 15.6. The molecule has 44 heavy (non-hydrogen) atoms. The molecule has 4 aromatic rings. The quantitative estimate of drug-likeness (QED) is 0.238. The van der Waals surface area contributed by atoms with E-state index >= 15 is 0 Å². The van der Waals surface area contributed by atoms with E-state index in [-0.39, 0.29) is 36.4 Å². The SMILES string of the molecule is CC(CC1=N[C@@H](c2ccccc2)[C@H](c2ccccc2)O1)(C1=N[C@H]2c3ccccc3C[C@H]2O1)C1=N[C@H]2c3ccccc3C[C@H]2O1. The number of hydrogen-bond donors (Lipinski definition) is 0. The molecule has 0 spiro atoms. The lowest BCUT2D eigenvalue weighted by molar-refractivity contribution is 0.160. The summed E-state index contributed by atoms with van der Waals surface area (Å²) in [5, 5.41) is 0. The normalized spacial score (nSPS) is 27.6. The zero-order chi connectivity index (χ0) is 29.3. The Morgan fingerprint density at radius 2 is 1.07 bits per heavy atom. The van der Waals surface area contributed by atoms with E-state index in [1.54, 1.807) is 0 Å². The average molecular weight is 580 g/mol. The summed E-state index contributed by atoms with van der Waals surface area (Å²) >= 11 is 0. The maximum Gasteiger partial charge on any atom is 0.200 e. The molecule has 0 radical (unpaired) electrons. The molecule has 0 aromatic heterocycles. The summed E-state index contributed by atoms with van der Waals surface area (Å²) in [4.78, 5) is 15.8. The minimum Gasteiger partial charge on any atom is -0.474 e. The molecule has 0 saturated carbocycles. The first kappa shape index (κ1) is 25.8. The predicted molar refractivity (Wildman–Crippen MR) is 170 cm³/mol. The van der Waals surface area contributed by atoms with Crippen LogP contribution in [0.5, 0.6) is 0 Å². The van der Waals surface area contributed by atoms with Crippen LogP contribution in [0, 0.1) is 5.41 Å². The van der Waals surface area contributed by atoms with Crippen molar-refractivity contribution in [2.75, 3.05) is 0 Å². The first-order valence-electron chi connectivity index (χ1n) is 15.6. The molecule has 0 fully saturated rings. The van der Waals surface area contributed by atoms with E-state index in [0.29, 0.717) is 24.1 Å². The van der Waals surface area contributed by atoms with Crippen molar-refractivity contribution in [3.8, 4) is 0 Å². The van der Waals surface area contributed by atoms with E-state index in [1.165, 1.54) is 22.3 Å². The van der Waals surface area contributed by atoms with Gasteiger partial charge in [0.1, 0.15) is 35.7 Å². The van der Waals surface area contributed by atoms with Crippen LogP contribution in [-0.2, 0) is 27.1 Å². The minimum atomic E-state index is -0.774. The van der Waals surface area contributed by atoms with Crippen LogP contribution < -0.4 is 0 Å². The third kappa shape index (κ3) is 4.04. The summed E-state index contributed by atoms with van der Waals surface area (Å²) in [5.41, 5.74) is 6.57. The Kier molecular flexibility index (Phi) is 5.80. The second-order valence-electron chi connectivity index (χ2n) is 12.7. The van der Waals surface area contributed by atoms with Crippen LogP contribution in [0.3, 0.4) is 0 Å². The zero-order valence-corrected chi connectivity index (χ0v) is 24.5. The van der Waals surface area contributed by atoms with Crippen LogP contribution >= 0.6 is 0 Å². The van der Waals surface area contributed by atoms with Crippen LogP contribution in [0.15, 0.2) is 124 Å². The number of hydrogen-bond acceptors (Lipinski definition) is 6. The van der Waals surface area contributed by atoms with Gasteiger partial charge in [0.25, 0.3) is 0 Å². The van der Waals surface area contributed by atoms with Gasteiger partial charge in [0, 0.05) is 19.3 Å². The second kappa shape index (κ2) is 9.91. The van der Waals surface area contributed by atoms with Crippen molar-refractivity contribution >= 4 is 17.7 Å². The molecule has 3 heterocycles. The topological polar surface area (TPSA) is 64.8 Å². The van der Waals surface area contributed by atoms with Crippen molar-refractivity contribution in [2.45, 2.75) is 62.6 Å². The van der Waals surface area contributed by atoms with Gasteiger partial charge in [-0.05, 0) is 40.3 Å². The lowest BCUT2D eigenvalue weighted by Gasteiger charge is -2.29. The molecule has 6 heteroatoms. The van der Waals surface area contributed by atoms with Crippen molar-refractivity contribution in [1.82, 2.24) is 0 Å². The van der Waals surface area contributed by atoms with Crippen molar-refractivity contribution < 1.29 is 14.2 Å². The molecule has 3 aliphatic heterocycles. The summed E-state index contributed by atoms with van der Waals surface area (Å²) < 4.78 is 20.3. The molecule has 2 aliphatic carbocycles. The Bertz CT molecular complexity index is 1760. The van der Waals surface area contributed by atoms with E-state index in [2.05, 4.69) is 104 Å². The molecule has 0 amide bonds. The molecule has 218 valence electrons. The molecule has 0 N–H and O–H groups in total. The third-order valence-electron chi connectivity index (χ3n) is 9.88. The van der Waals surface area contributed by atoms with Gasteiger partial charge in [0.05, 0.1) is 0 Å². The molecule has 5 aliphatic rings. The fraction of sp³-hybridized carbons (Fsp3) is 0.289. The zero-order valence-electron chi connectivity index (χ0n) is 24.5.